The largest absolute Gasteiger partial charge is 0.416 e. The lowest BCUT2D eigenvalue weighted by Crippen LogP contribution is -2.55. The molecule has 3 aliphatic rings. The Morgan fingerprint density at radius 1 is 1.06 bits per heavy atom. The van der Waals surface area contributed by atoms with Gasteiger partial charge in [-0.05, 0) is 74.9 Å². The van der Waals surface area contributed by atoms with Crippen LogP contribution in [0.5, 0.6) is 0 Å². The Labute approximate surface area is 204 Å². The summed E-state index contributed by atoms with van der Waals surface area (Å²) in [7, 11) is 2.20. The number of rotatable bonds is 5. The van der Waals surface area contributed by atoms with Crippen LogP contribution in [0.15, 0.2) is 54.6 Å². The zero-order valence-electron chi connectivity index (χ0n) is 20.0. The number of alkyl halides is 3. The van der Waals surface area contributed by atoms with Crippen molar-refractivity contribution in [1.82, 2.24) is 10.2 Å². The second-order valence-electron chi connectivity index (χ2n) is 10.3. The predicted octanol–water partition coefficient (Wildman–Crippen LogP) is 5.41. The first-order valence-electron chi connectivity index (χ1n) is 12.3. The Hall–Kier alpha value is -2.58. The van der Waals surface area contributed by atoms with E-state index in [0.717, 1.165) is 64.0 Å². The van der Waals surface area contributed by atoms with Crippen LogP contribution < -0.4 is 10.2 Å². The van der Waals surface area contributed by atoms with E-state index in [9.17, 15) is 18.0 Å². The van der Waals surface area contributed by atoms with E-state index in [1.54, 1.807) is 4.90 Å². The van der Waals surface area contributed by atoms with E-state index in [-0.39, 0.29) is 17.1 Å². The summed E-state index contributed by atoms with van der Waals surface area (Å²) in [5, 5.41) is 3.19. The summed E-state index contributed by atoms with van der Waals surface area (Å²) in [6, 6.07) is 15.2. The molecule has 188 valence electrons. The highest BCUT2D eigenvalue weighted by atomic mass is 19.4. The molecule has 3 fully saturated rings. The van der Waals surface area contributed by atoms with Crippen LogP contribution in [0.25, 0.3) is 0 Å². The van der Waals surface area contributed by atoms with E-state index < -0.39 is 11.7 Å². The lowest BCUT2D eigenvalue weighted by atomic mass is 9.68. The van der Waals surface area contributed by atoms with Gasteiger partial charge in [-0.2, -0.15) is 13.2 Å². The molecule has 2 amide bonds. The van der Waals surface area contributed by atoms with E-state index in [1.165, 1.54) is 17.7 Å². The van der Waals surface area contributed by atoms with Crippen LogP contribution >= 0.6 is 0 Å². The Morgan fingerprint density at radius 2 is 1.74 bits per heavy atom. The van der Waals surface area contributed by atoms with Gasteiger partial charge < -0.3 is 10.1 Å². The van der Waals surface area contributed by atoms with Crippen LogP contribution in [0, 0.1) is 5.92 Å². The highest BCUT2D eigenvalue weighted by Gasteiger charge is 2.51. The monoisotopic (exact) mass is 487 g/mol. The quantitative estimate of drug-likeness (QED) is 0.613. The third-order valence-electron chi connectivity index (χ3n) is 8.22. The Morgan fingerprint density at radius 3 is 2.34 bits per heavy atom. The maximum Gasteiger partial charge on any atom is 0.416 e. The minimum absolute atomic E-state index is 0.123. The number of hydrogen-bond acceptors (Lipinski definition) is 3. The van der Waals surface area contributed by atoms with Crippen LogP contribution in [0.2, 0.25) is 0 Å². The average Bonchev–Trinajstić information content (AvgIpc) is 3.47. The first-order valence-corrected chi connectivity index (χ1v) is 12.3. The third kappa shape index (κ3) is 4.66. The van der Waals surface area contributed by atoms with Crippen LogP contribution in [0.1, 0.15) is 43.2 Å². The summed E-state index contributed by atoms with van der Waals surface area (Å²) in [6.07, 6.45) is 0.0715. The molecule has 1 saturated carbocycles. The van der Waals surface area contributed by atoms with Crippen molar-refractivity contribution in [2.45, 2.75) is 49.4 Å². The minimum Gasteiger partial charge on any atom is -0.381 e. The summed E-state index contributed by atoms with van der Waals surface area (Å²) >= 11 is 0. The lowest BCUT2D eigenvalue weighted by Gasteiger charge is -2.50. The van der Waals surface area contributed by atoms with E-state index >= 15 is 0 Å². The summed E-state index contributed by atoms with van der Waals surface area (Å²) in [5.74, 6) is 0.526. The maximum atomic E-state index is 13.0. The molecule has 0 radical (unpaired) electrons. The fourth-order valence-electron chi connectivity index (χ4n) is 6.10. The number of ether oxygens (including phenoxy) is 1. The molecule has 5 nitrogen and oxygen atoms in total. The average molecular weight is 488 g/mol. The molecular weight excluding hydrogens is 455 g/mol. The van der Waals surface area contributed by atoms with E-state index in [2.05, 4.69) is 41.5 Å². The van der Waals surface area contributed by atoms with Gasteiger partial charge in [-0.3, -0.25) is 9.80 Å². The van der Waals surface area contributed by atoms with Crippen LogP contribution in [0.4, 0.5) is 23.7 Å². The maximum absolute atomic E-state index is 13.0. The fourth-order valence-corrected chi connectivity index (χ4v) is 6.10. The van der Waals surface area contributed by atoms with Crippen molar-refractivity contribution in [2.75, 3.05) is 38.3 Å². The summed E-state index contributed by atoms with van der Waals surface area (Å²) in [5.41, 5.74) is 0.569. The predicted molar refractivity (Wildman–Crippen MR) is 128 cm³/mol. The number of amides is 2. The van der Waals surface area contributed by atoms with Gasteiger partial charge in [0, 0.05) is 24.4 Å². The Bertz CT molecular complexity index is 1030. The van der Waals surface area contributed by atoms with Crippen LogP contribution in [-0.2, 0) is 16.5 Å². The van der Waals surface area contributed by atoms with Gasteiger partial charge in [0.25, 0.3) is 0 Å². The number of carbonyl (C=O) groups excluding carboxylic acids is 1. The van der Waals surface area contributed by atoms with Crippen molar-refractivity contribution in [3.8, 4) is 0 Å². The molecule has 1 N–H and O–H groups in total. The molecule has 1 aliphatic carbocycles. The second kappa shape index (κ2) is 9.13. The van der Waals surface area contributed by atoms with E-state index in [0.29, 0.717) is 18.2 Å². The van der Waals surface area contributed by atoms with Crippen molar-refractivity contribution in [3.05, 3.63) is 65.7 Å². The number of benzene rings is 2. The molecule has 0 aromatic heterocycles. The molecular formula is C27H32F3N3O2. The van der Waals surface area contributed by atoms with E-state index in [1.807, 2.05) is 6.07 Å². The Kier molecular flexibility index (Phi) is 6.30. The van der Waals surface area contributed by atoms with Gasteiger partial charge >= 0.3 is 12.2 Å². The highest BCUT2D eigenvalue weighted by Crippen LogP contribution is 2.47. The normalized spacial score (nSPS) is 29.2. The zero-order valence-corrected chi connectivity index (χ0v) is 20.0. The van der Waals surface area contributed by atoms with Gasteiger partial charge in [0.2, 0.25) is 0 Å². The molecule has 2 heterocycles. The molecule has 35 heavy (non-hydrogen) atoms. The van der Waals surface area contributed by atoms with Crippen molar-refractivity contribution < 1.29 is 22.7 Å². The number of hydrogen-bond donors (Lipinski definition) is 1. The van der Waals surface area contributed by atoms with Crippen molar-refractivity contribution in [1.29, 1.82) is 0 Å². The molecule has 1 atom stereocenters. The summed E-state index contributed by atoms with van der Waals surface area (Å²) in [6.45, 7) is 3.05. The molecule has 5 rings (SSSR count). The summed E-state index contributed by atoms with van der Waals surface area (Å²) in [4.78, 5) is 17.0. The molecule has 8 heteroatoms. The molecule has 0 bridgehead atoms. The summed E-state index contributed by atoms with van der Waals surface area (Å²) < 4.78 is 44.5. The molecule has 2 saturated heterocycles. The number of urea groups is 1. The topological polar surface area (TPSA) is 44.8 Å². The van der Waals surface area contributed by atoms with Crippen molar-refractivity contribution >= 4 is 11.7 Å². The SMILES string of the molecule is CN(CC1CCOC1)C1(c2ccccc2)CCC2(CC1)CN(c1ccc(C(F)(F)F)cc1)C(=O)N2. The van der Waals surface area contributed by atoms with Gasteiger partial charge in [0.15, 0.2) is 0 Å². The Balaban J connectivity index is 1.33. The van der Waals surface area contributed by atoms with Gasteiger partial charge in [-0.1, -0.05) is 30.3 Å². The van der Waals surface area contributed by atoms with E-state index in [4.69, 9.17) is 4.74 Å². The number of nitrogens with one attached hydrogen (secondary N) is 1. The minimum atomic E-state index is -4.40. The number of anilines is 1. The molecule has 2 aliphatic heterocycles. The second-order valence-corrected chi connectivity index (χ2v) is 10.3. The van der Waals surface area contributed by atoms with Crippen LogP contribution in [0.3, 0.4) is 0 Å². The lowest BCUT2D eigenvalue weighted by molar-refractivity contribution is -0.137. The van der Waals surface area contributed by atoms with Gasteiger partial charge in [-0.15, -0.1) is 0 Å². The molecule has 2 aromatic rings. The number of carbonyl (C=O) groups is 1. The number of halogens is 3. The molecule has 1 spiro atoms. The molecule has 1 unspecified atom stereocenters. The smallest absolute Gasteiger partial charge is 0.381 e. The van der Waals surface area contributed by atoms with Crippen molar-refractivity contribution in [3.63, 3.8) is 0 Å². The number of nitrogens with zero attached hydrogens (tertiary/aromatic N) is 2. The van der Waals surface area contributed by atoms with Gasteiger partial charge in [0.1, 0.15) is 0 Å². The third-order valence-corrected chi connectivity index (χ3v) is 8.22. The van der Waals surface area contributed by atoms with Crippen molar-refractivity contribution in [2.24, 2.45) is 5.92 Å². The zero-order chi connectivity index (χ0) is 24.7. The van der Waals surface area contributed by atoms with Crippen LogP contribution in [-0.4, -0.2) is 49.8 Å². The van der Waals surface area contributed by atoms with Gasteiger partial charge in [-0.25, -0.2) is 4.79 Å². The van der Waals surface area contributed by atoms with Gasteiger partial charge in [0.05, 0.1) is 24.3 Å². The standard InChI is InChI=1S/C27H32F3N3O2/c1-32(17-20-11-16-35-18-20)26(21-5-3-2-4-6-21)14-12-25(13-15-26)19-33(24(34)31-25)23-9-7-22(8-10-23)27(28,29)30/h2-10,20H,11-19H2,1H3,(H,31,34). The first-order chi connectivity index (χ1) is 16.7. The highest BCUT2D eigenvalue weighted by molar-refractivity contribution is 5.95. The first kappa shape index (κ1) is 24.1. The molecule has 2 aromatic carbocycles. The fraction of sp³-hybridized carbons (Fsp3) is 0.519.